The van der Waals surface area contributed by atoms with Crippen LogP contribution in [0.1, 0.15) is 45.2 Å². The minimum Gasteiger partial charge on any atom is -0.484 e. The Hall–Kier alpha value is -2.53. The predicted molar refractivity (Wildman–Crippen MR) is 121 cm³/mol. The summed E-state index contributed by atoms with van der Waals surface area (Å²) < 4.78 is 5.69. The fourth-order valence-electron chi connectivity index (χ4n) is 2.91. The molecule has 2 rings (SSSR count). The van der Waals surface area contributed by atoms with Crippen LogP contribution in [0.2, 0.25) is 5.02 Å². The lowest BCUT2D eigenvalue weighted by atomic mass is 10.1. The third-order valence-corrected chi connectivity index (χ3v) is 5.53. The van der Waals surface area contributed by atoms with Crippen LogP contribution in [0.3, 0.4) is 0 Å². The molecule has 5 nitrogen and oxygen atoms in total. The number of hydrogen-bond acceptors (Lipinski definition) is 3. The Morgan fingerprint density at radius 2 is 1.73 bits per heavy atom. The van der Waals surface area contributed by atoms with Crippen molar-refractivity contribution in [2.24, 2.45) is 0 Å². The lowest BCUT2D eigenvalue weighted by Gasteiger charge is -2.30. The number of amides is 2. The zero-order valence-electron chi connectivity index (χ0n) is 18.2. The van der Waals surface area contributed by atoms with Gasteiger partial charge in [-0.15, -0.1) is 0 Å². The van der Waals surface area contributed by atoms with Crippen LogP contribution < -0.4 is 10.1 Å². The summed E-state index contributed by atoms with van der Waals surface area (Å²) in [6, 6.07) is 14.3. The van der Waals surface area contributed by atoms with E-state index in [4.69, 9.17) is 16.3 Å². The smallest absolute Gasteiger partial charge is 0.261 e. The van der Waals surface area contributed by atoms with Crippen LogP contribution >= 0.6 is 11.6 Å². The molecule has 2 aromatic rings. The van der Waals surface area contributed by atoms with E-state index >= 15 is 0 Å². The van der Waals surface area contributed by atoms with Crippen LogP contribution in [-0.2, 0) is 22.6 Å². The average Bonchev–Trinajstić information content (AvgIpc) is 2.76. The minimum atomic E-state index is -0.658. The van der Waals surface area contributed by atoms with Crippen molar-refractivity contribution in [3.8, 4) is 5.75 Å². The summed E-state index contributed by atoms with van der Waals surface area (Å²) in [6.45, 7) is 7.82. The van der Waals surface area contributed by atoms with Gasteiger partial charge in [0.15, 0.2) is 6.61 Å². The Kier molecular flexibility index (Phi) is 9.18. The van der Waals surface area contributed by atoms with E-state index in [1.807, 2.05) is 56.3 Å². The first kappa shape index (κ1) is 23.7. The monoisotopic (exact) mass is 430 g/mol. The molecule has 2 atom stereocenters. The zero-order valence-corrected chi connectivity index (χ0v) is 18.9. The maximum atomic E-state index is 13.0. The molecule has 0 bridgehead atoms. The molecule has 1 N–H and O–H groups in total. The number of hydrogen-bond donors (Lipinski definition) is 1. The lowest BCUT2D eigenvalue weighted by Crippen LogP contribution is -2.50. The molecule has 2 amide bonds. The highest BCUT2D eigenvalue weighted by molar-refractivity contribution is 6.31. The molecule has 6 heteroatoms. The molecule has 2 unspecified atom stereocenters. The number of carbonyl (C=O) groups excluding carboxylic acids is 2. The average molecular weight is 431 g/mol. The van der Waals surface area contributed by atoms with Crippen LogP contribution in [0.15, 0.2) is 48.5 Å². The van der Waals surface area contributed by atoms with Gasteiger partial charge in [-0.2, -0.15) is 0 Å². The molecule has 0 saturated heterocycles. The largest absolute Gasteiger partial charge is 0.484 e. The van der Waals surface area contributed by atoms with Gasteiger partial charge in [-0.05, 0) is 56.0 Å². The van der Waals surface area contributed by atoms with E-state index in [0.29, 0.717) is 10.8 Å². The van der Waals surface area contributed by atoms with Gasteiger partial charge in [-0.25, -0.2) is 0 Å². The number of nitrogens with one attached hydrogen (secondary N) is 1. The van der Waals surface area contributed by atoms with Gasteiger partial charge in [-0.3, -0.25) is 9.59 Å². The Balaban J connectivity index is 2.14. The molecule has 0 aliphatic rings. The van der Waals surface area contributed by atoms with E-state index in [-0.39, 0.29) is 31.0 Å². The van der Waals surface area contributed by atoms with Crippen molar-refractivity contribution < 1.29 is 14.3 Å². The van der Waals surface area contributed by atoms with Crippen molar-refractivity contribution in [2.75, 3.05) is 6.61 Å². The van der Waals surface area contributed by atoms with E-state index < -0.39 is 6.04 Å². The van der Waals surface area contributed by atoms with Gasteiger partial charge in [0.05, 0.1) is 0 Å². The zero-order chi connectivity index (χ0) is 22.1. The summed E-state index contributed by atoms with van der Waals surface area (Å²) in [4.78, 5) is 27.2. The topological polar surface area (TPSA) is 58.6 Å². The molecule has 30 heavy (non-hydrogen) atoms. The van der Waals surface area contributed by atoms with Crippen molar-refractivity contribution in [3.63, 3.8) is 0 Å². The highest BCUT2D eigenvalue weighted by atomic mass is 35.5. The number of ether oxygens (including phenoxy) is 1. The van der Waals surface area contributed by atoms with Crippen molar-refractivity contribution in [1.82, 2.24) is 10.2 Å². The molecule has 0 spiro atoms. The summed E-state index contributed by atoms with van der Waals surface area (Å²) in [7, 11) is 0. The van der Waals surface area contributed by atoms with Gasteiger partial charge in [0, 0.05) is 17.6 Å². The highest BCUT2D eigenvalue weighted by Gasteiger charge is 2.27. The molecule has 0 aromatic heterocycles. The van der Waals surface area contributed by atoms with E-state index in [1.165, 1.54) is 10.5 Å². The van der Waals surface area contributed by atoms with Crippen LogP contribution in [0, 0.1) is 0 Å². The predicted octanol–water partition coefficient (Wildman–Crippen LogP) is 4.61. The van der Waals surface area contributed by atoms with Crippen molar-refractivity contribution >= 4 is 23.4 Å². The van der Waals surface area contributed by atoms with Gasteiger partial charge in [0.2, 0.25) is 5.91 Å². The molecule has 0 radical (unpaired) electrons. The molecular weight excluding hydrogens is 400 g/mol. The quantitative estimate of drug-likeness (QED) is 0.598. The number of halogens is 1. The second kappa shape index (κ2) is 11.6. The van der Waals surface area contributed by atoms with Crippen molar-refractivity contribution in [2.45, 2.75) is 59.2 Å². The number of aryl methyl sites for hydroxylation is 1. The van der Waals surface area contributed by atoms with E-state index in [2.05, 4.69) is 12.2 Å². The Morgan fingerprint density at radius 1 is 1.07 bits per heavy atom. The lowest BCUT2D eigenvalue weighted by molar-refractivity contribution is -0.142. The summed E-state index contributed by atoms with van der Waals surface area (Å²) in [6.07, 6.45) is 1.75. The standard InChI is InChI=1S/C24H31ClN2O3/c1-5-17(3)26-24(29)18(4)27(15-20-9-7-8-10-22(20)25)23(28)16-30-21-13-11-19(6-2)12-14-21/h7-14,17-18H,5-6,15-16H2,1-4H3,(H,26,29). The van der Waals surface area contributed by atoms with Crippen LogP contribution in [0.5, 0.6) is 5.75 Å². The molecule has 0 saturated carbocycles. The second-order valence-corrected chi connectivity index (χ2v) is 7.80. The molecule has 0 aliphatic heterocycles. The van der Waals surface area contributed by atoms with Gasteiger partial charge >= 0.3 is 0 Å². The third kappa shape index (κ3) is 6.77. The molecule has 0 aliphatic carbocycles. The highest BCUT2D eigenvalue weighted by Crippen LogP contribution is 2.19. The van der Waals surface area contributed by atoms with Crippen LogP contribution in [0.25, 0.3) is 0 Å². The van der Waals surface area contributed by atoms with Crippen molar-refractivity contribution in [3.05, 3.63) is 64.7 Å². The minimum absolute atomic E-state index is 0.0329. The molecular formula is C24H31ClN2O3. The van der Waals surface area contributed by atoms with Gasteiger partial charge in [0.25, 0.3) is 5.91 Å². The Morgan fingerprint density at radius 3 is 2.33 bits per heavy atom. The normalized spacial score (nSPS) is 12.7. The third-order valence-electron chi connectivity index (χ3n) is 5.16. The fraction of sp³-hybridized carbons (Fsp3) is 0.417. The first-order valence-corrected chi connectivity index (χ1v) is 10.8. The van der Waals surface area contributed by atoms with Gasteiger partial charge in [-0.1, -0.05) is 55.8 Å². The molecule has 162 valence electrons. The number of rotatable bonds is 10. The second-order valence-electron chi connectivity index (χ2n) is 7.39. The van der Waals surface area contributed by atoms with E-state index in [9.17, 15) is 9.59 Å². The Labute approximate surface area is 184 Å². The van der Waals surface area contributed by atoms with Gasteiger partial charge < -0.3 is 15.0 Å². The summed E-state index contributed by atoms with van der Waals surface area (Å²) >= 11 is 6.30. The van der Waals surface area contributed by atoms with Gasteiger partial charge in [0.1, 0.15) is 11.8 Å². The van der Waals surface area contributed by atoms with Crippen molar-refractivity contribution in [1.29, 1.82) is 0 Å². The molecule has 0 fully saturated rings. The Bertz CT molecular complexity index is 839. The summed E-state index contributed by atoms with van der Waals surface area (Å²) in [5.41, 5.74) is 1.98. The fourth-order valence-corrected chi connectivity index (χ4v) is 3.10. The first-order valence-electron chi connectivity index (χ1n) is 10.4. The maximum absolute atomic E-state index is 13.0. The number of benzene rings is 2. The van der Waals surface area contributed by atoms with E-state index in [1.54, 1.807) is 13.0 Å². The van der Waals surface area contributed by atoms with Crippen LogP contribution in [0.4, 0.5) is 0 Å². The van der Waals surface area contributed by atoms with Crippen LogP contribution in [-0.4, -0.2) is 35.4 Å². The molecule has 2 aromatic carbocycles. The number of nitrogens with zero attached hydrogens (tertiary/aromatic N) is 1. The molecule has 0 heterocycles. The maximum Gasteiger partial charge on any atom is 0.261 e. The summed E-state index contributed by atoms with van der Waals surface area (Å²) in [5, 5.41) is 3.50. The first-order chi connectivity index (χ1) is 14.3. The SMILES string of the molecule is CCc1ccc(OCC(=O)N(Cc2ccccc2Cl)C(C)C(=O)NC(C)CC)cc1. The van der Waals surface area contributed by atoms with E-state index in [0.717, 1.165) is 18.4 Å². The number of carbonyl (C=O) groups is 2. The summed E-state index contributed by atoms with van der Waals surface area (Å²) in [5.74, 6) is 0.147.